The van der Waals surface area contributed by atoms with E-state index in [-0.39, 0.29) is 13.0 Å². The van der Waals surface area contributed by atoms with E-state index in [0.29, 0.717) is 5.82 Å². The zero-order chi connectivity index (χ0) is 9.73. The molecule has 1 N–H and O–H groups in total. The fourth-order valence-corrected chi connectivity index (χ4v) is 0.877. The van der Waals surface area contributed by atoms with E-state index in [2.05, 4.69) is 10.3 Å². The number of anilines is 1. The van der Waals surface area contributed by atoms with E-state index in [1.807, 2.05) is 0 Å². The maximum Gasteiger partial charge on any atom is 0.247 e. The molecule has 1 rings (SSSR count). The summed E-state index contributed by atoms with van der Waals surface area (Å²) in [6.45, 7) is 1.15. The largest absolute Gasteiger partial charge is 0.370 e. The van der Waals surface area contributed by atoms with Crippen molar-refractivity contribution in [2.45, 2.75) is 19.3 Å². The lowest BCUT2D eigenvalue weighted by Gasteiger charge is -2.10. The molecule has 0 aliphatic rings. The molecule has 0 saturated carbocycles. The summed E-state index contributed by atoms with van der Waals surface area (Å²) in [5.41, 5.74) is 0. The van der Waals surface area contributed by atoms with Crippen molar-refractivity contribution in [3.05, 3.63) is 24.4 Å². The quantitative estimate of drug-likeness (QED) is 0.781. The Bertz CT molecular complexity index is 244. The number of pyridine rings is 1. The van der Waals surface area contributed by atoms with Crippen LogP contribution in [0.3, 0.4) is 0 Å². The minimum Gasteiger partial charge on any atom is -0.370 e. The highest BCUT2D eigenvalue weighted by atomic mass is 19.3. The van der Waals surface area contributed by atoms with Gasteiger partial charge in [-0.25, -0.2) is 13.8 Å². The minimum absolute atomic E-state index is 0.177. The lowest BCUT2D eigenvalue weighted by Crippen LogP contribution is -2.16. The average Bonchev–Trinajstić information content (AvgIpc) is 2.04. The Labute approximate surface area is 76.0 Å². The number of nitrogens with one attached hydrogen (secondary N) is 1. The lowest BCUT2D eigenvalue weighted by atomic mass is 10.3. The molecule has 0 amide bonds. The molecule has 0 spiro atoms. The molecule has 0 saturated heterocycles. The summed E-state index contributed by atoms with van der Waals surface area (Å²) in [6, 6.07) is 5.33. The Morgan fingerprint density at radius 2 is 2.23 bits per heavy atom. The van der Waals surface area contributed by atoms with Crippen molar-refractivity contribution < 1.29 is 8.78 Å². The molecule has 0 aromatic carbocycles. The topological polar surface area (TPSA) is 24.9 Å². The molecule has 0 aliphatic carbocycles. The van der Waals surface area contributed by atoms with Crippen LogP contribution in [0, 0.1) is 0 Å². The van der Waals surface area contributed by atoms with Gasteiger partial charge in [0.1, 0.15) is 5.82 Å². The second kappa shape index (κ2) is 4.16. The standard InChI is InChI=1S/C9H12F2N2/c1-9(10,11)5-7-13-8-4-2-3-6-12-8/h2-4,6H,5,7H2,1H3,(H,12,13). The molecule has 1 aromatic rings. The van der Waals surface area contributed by atoms with E-state index in [9.17, 15) is 8.78 Å². The van der Waals surface area contributed by atoms with E-state index < -0.39 is 5.92 Å². The number of aromatic nitrogens is 1. The van der Waals surface area contributed by atoms with Gasteiger partial charge >= 0.3 is 0 Å². The Morgan fingerprint density at radius 3 is 2.77 bits per heavy atom. The monoisotopic (exact) mass is 186 g/mol. The Morgan fingerprint density at radius 1 is 1.46 bits per heavy atom. The first-order valence-electron chi connectivity index (χ1n) is 4.11. The molecule has 0 aliphatic heterocycles. The SMILES string of the molecule is CC(F)(F)CCNc1ccccn1. The van der Waals surface area contributed by atoms with Crippen LogP contribution in [0.15, 0.2) is 24.4 Å². The van der Waals surface area contributed by atoms with Crippen LogP contribution in [-0.2, 0) is 0 Å². The molecule has 72 valence electrons. The molecule has 0 bridgehead atoms. The maximum atomic E-state index is 12.4. The Balaban J connectivity index is 2.29. The first-order valence-corrected chi connectivity index (χ1v) is 4.11. The van der Waals surface area contributed by atoms with E-state index in [1.165, 1.54) is 0 Å². The Hall–Kier alpha value is -1.19. The zero-order valence-corrected chi connectivity index (χ0v) is 7.43. The second-order valence-corrected chi connectivity index (χ2v) is 2.96. The van der Waals surface area contributed by atoms with Crippen LogP contribution in [0.2, 0.25) is 0 Å². The summed E-state index contributed by atoms with van der Waals surface area (Å²) in [5.74, 6) is -1.98. The molecular weight excluding hydrogens is 174 g/mol. The third kappa shape index (κ3) is 4.40. The molecule has 0 atom stereocenters. The van der Waals surface area contributed by atoms with E-state index >= 15 is 0 Å². The maximum absolute atomic E-state index is 12.4. The number of hydrogen-bond acceptors (Lipinski definition) is 2. The first kappa shape index (κ1) is 9.89. The smallest absolute Gasteiger partial charge is 0.247 e. The molecule has 1 aromatic heterocycles. The fourth-order valence-electron chi connectivity index (χ4n) is 0.877. The molecule has 0 unspecified atom stereocenters. The molecular formula is C9H12F2N2. The highest BCUT2D eigenvalue weighted by molar-refractivity contribution is 5.32. The van der Waals surface area contributed by atoms with Crippen molar-refractivity contribution >= 4 is 5.82 Å². The van der Waals surface area contributed by atoms with Crippen LogP contribution in [0.25, 0.3) is 0 Å². The van der Waals surface area contributed by atoms with Crippen LogP contribution in [0.5, 0.6) is 0 Å². The second-order valence-electron chi connectivity index (χ2n) is 2.96. The summed E-state index contributed by atoms with van der Waals surface area (Å²) in [6.07, 6.45) is 1.44. The molecule has 0 radical (unpaired) electrons. The van der Waals surface area contributed by atoms with Gasteiger partial charge in [0, 0.05) is 19.2 Å². The predicted molar refractivity (Wildman–Crippen MR) is 48.0 cm³/mol. The Kier molecular flexibility index (Phi) is 3.17. The van der Waals surface area contributed by atoms with Gasteiger partial charge in [0.25, 0.3) is 0 Å². The van der Waals surface area contributed by atoms with Gasteiger partial charge in [0.2, 0.25) is 5.92 Å². The fraction of sp³-hybridized carbons (Fsp3) is 0.444. The van der Waals surface area contributed by atoms with Gasteiger partial charge in [-0.2, -0.15) is 0 Å². The van der Waals surface area contributed by atoms with Crippen LogP contribution in [0.1, 0.15) is 13.3 Å². The third-order valence-electron chi connectivity index (χ3n) is 1.53. The third-order valence-corrected chi connectivity index (χ3v) is 1.53. The number of hydrogen-bond donors (Lipinski definition) is 1. The summed E-state index contributed by atoms with van der Waals surface area (Å²) < 4.78 is 24.7. The van der Waals surface area contributed by atoms with Gasteiger partial charge in [-0.3, -0.25) is 0 Å². The number of halogens is 2. The molecule has 13 heavy (non-hydrogen) atoms. The van der Waals surface area contributed by atoms with Crippen molar-refractivity contribution in [3.63, 3.8) is 0 Å². The molecule has 0 fully saturated rings. The van der Waals surface area contributed by atoms with Crippen LogP contribution >= 0.6 is 0 Å². The van der Waals surface area contributed by atoms with Crippen molar-refractivity contribution in [1.82, 2.24) is 4.98 Å². The zero-order valence-electron chi connectivity index (χ0n) is 7.43. The van der Waals surface area contributed by atoms with Gasteiger partial charge in [0.15, 0.2) is 0 Å². The summed E-state index contributed by atoms with van der Waals surface area (Å²) in [7, 11) is 0. The minimum atomic E-state index is -2.61. The van der Waals surface area contributed by atoms with E-state index in [0.717, 1.165) is 6.92 Å². The van der Waals surface area contributed by atoms with Gasteiger partial charge in [-0.05, 0) is 19.1 Å². The lowest BCUT2D eigenvalue weighted by molar-refractivity contribution is 0.0167. The highest BCUT2D eigenvalue weighted by Crippen LogP contribution is 2.16. The number of rotatable bonds is 4. The van der Waals surface area contributed by atoms with Crippen LogP contribution < -0.4 is 5.32 Å². The number of nitrogens with zero attached hydrogens (tertiary/aromatic N) is 1. The molecule has 1 heterocycles. The van der Waals surface area contributed by atoms with E-state index in [4.69, 9.17) is 0 Å². The van der Waals surface area contributed by atoms with Gasteiger partial charge in [0.05, 0.1) is 0 Å². The van der Waals surface area contributed by atoms with Crippen LogP contribution in [-0.4, -0.2) is 17.5 Å². The van der Waals surface area contributed by atoms with Gasteiger partial charge in [-0.15, -0.1) is 0 Å². The molecule has 4 heteroatoms. The predicted octanol–water partition coefficient (Wildman–Crippen LogP) is 2.54. The van der Waals surface area contributed by atoms with Crippen molar-refractivity contribution in [1.29, 1.82) is 0 Å². The normalized spacial score (nSPS) is 11.3. The van der Waals surface area contributed by atoms with Crippen LogP contribution in [0.4, 0.5) is 14.6 Å². The summed E-state index contributed by atoms with van der Waals surface area (Å²) >= 11 is 0. The highest BCUT2D eigenvalue weighted by Gasteiger charge is 2.19. The summed E-state index contributed by atoms with van der Waals surface area (Å²) in [5, 5.41) is 2.81. The van der Waals surface area contributed by atoms with E-state index in [1.54, 1.807) is 24.4 Å². The van der Waals surface area contributed by atoms with Crippen molar-refractivity contribution in [2.24, 2.45) is 0 Å². The first-order chi connectivity index (χ1) is 6.08. The number of alkyl halides is 2. The van der Waals surface area contributed by atoms with Crippen molar-refractivity contribution in [2.75, 3.05) is 11.9 Å². The van der Waals surface area contributed by atoms with Gasteiger partial charge < -0.3 is 5.32 Å². The van der Waals surface area contributed by atoms with Gasteiger partial charge in [-0.1, -0.05) is 6.07 Å². The van der Waals surface area contributed by atoms with Crippen molar-refractivity contribution in [3.8, 4) is 0 Å². The molecule has 2 nitrogen and oxygen atoms in total. The summed E-state index contributed by atoms with van der Waals surface area (Å²) in [4.78, 5) is 3.94. The average molecular weight is 186 g/mol.